The van der Waals surface area contributed by atoms with E-state index in [0.29, 0.717) is 5.56 Å². The molecule has 0 saturated carbocycles. The summed E-state index contributed by atoms with van der Waals surface area (Å²) in [6.07, 6.45) is 0. The van der Waals surface area contributed by atoms with E-state index < -0.39 is 0 Å². The first-order valence-corrected chi connectivity index (χ1v) is 7.09. The minimum Gasteiger partial charge on any atom is -0.392 e. The first kappa shape index (κ1) is 14.8. The predicted octanol–water partition coefficient (Wildman–Crippen LogP) is 1.97. The number of hydrogen-bond acceptors (Lipinski definition) is 4. The maximum absolute atomic E-state index is 9.28. The van der Waals surface area contributed by atoms with Gasteiger partial charge in [0, 0.05) is 31.7 Å². The highest BCUT2D eigenvalue weighted by atomic mass is 16.3. The van der Waals surface area contributed by atoms with Crippen LogP contribution in [-0.2, 0) is 6.61 Å². The molecule has 1 fully saturated rings. The SMILES string of the molecule is CC(C)(C)N1CCN(c2ccc(CO)cc2C#N)CC1. The van der Waals surface area contributed by atoms with E-state index in [1.807, 2.05) is 12.1 Å². The monoisotopic (exact) mass is 273 g/mol. The van der Waals surface area contributed by atoms with Gasteiger partial charge in [-0.05, 0) is 38.5 Å². The maximum Gasteiger partial charge on any atom is 0.101 e. The van der Waals surface area contributed by atoms with Crippen LogP contribution in [0, 0.1) is 11.3 Å². The van der Waals surface area contributed by atoms with Gasteiger partial charge in [0.15, 0.2) is 0 Å². The van der Waals surface area contributed by atoms with E-state index in [-0.39, 0.29) is 12.1 Å². The zero-order valence-corrected chi connectivity index (χ0v) is 12.6. The second kappa shape index (κ2) is 5.82. The Hall–Kier alpha value is -1.57. The van der Waals surface area contributed by atoms with Crippen LogP contribution >= 0.6 is 0 Å². The van der Waals surface area contributed by atoms with Gasteiger partial charge < -0.3 is 10.0 Å². The lowest BCUT2D eigenvalue weighted by atomic mass is 10.0. The van der Waals surface area contributed by atoms with Crippen LogP contribution in [0.3, 0.4) is 0 Å². The van der Waals surface area contributed by atoms with Crippen molar-refractivity contribution in [1.82, 2.24) is 4.90 Å². The smallest absolute Gasteiger partial charge is 0.101 e. The van der Waals surface area contributed by atoms with Crippen molar-refractivity contribution in [3.8, 4) is 6.07 Å². The molecule has 1 saturated heterocycles. The van der Waals surface area contributed by atoms with Gasteiger partial charge in [-0.2, -0.15) is 5.26 Å². The Morgan fingerprint density at radius 2 is 1.85 bits per heavy atom. The van der Waals surface area contributed by atoms with E-state index in [9.17, 15) is 5.26 Å². The molecule has 2 rings (SSSR count). The Morgan fingerprint density at radius 1 is 1.20 bits per heavy atom. The Morgan fingerprint density at radius 3 is 2.35 bits per heavy atom. The van der Waals surface area contributed by atoms with Crippen molar-refractivity contribution >= 4 is 5.69 Å². The highest BCUT2D eigenvalue weighted by Gasteiger charge is 2.26. The van der Waals surface area contributed by atoms with Gasteiger partial charge in [-0.15, -0.1) is 0 Å². The molecule has 1 aliphatic rings. The van der Waals surface area contributed by atoms with Crippen molar-refractivity contribution in [3.63, 3.8) is 0 Å². The number of nitrogens with zero attached hydrogens (tertiary/aromatic N) is 3. The van der Waals surface area contributed by atoms with Gasteiger partial charge in [0.1, 0.15) is 6.07 Å². The summed E-state index contributed by atoms with van der Waals surface area (Å²) in [4.78, 5) is 4.74. The van der Waals surface area contributed by atoms with E-state index in [2.05, 4.69) is 36.6 Å². The molecular formula is C16H23N3O. The minimum atomic E-state index is -0.0211. The third-order valence-electron chi connectivity index (χ3n) is 3.93. The largest absolute Gasteiger partial charge is 0.392 e. The molecule has 1 aromatic rings. The molecule has 0 aliphatic carbocycles. The summed E-state index contributed by atoms with van der Waals surface area (Å²) in [7, 11) is 0. The quantitative estimate of drug-likeness (QED) is 0.895. The lowest BCUT2D eigenvalue weighted by molar-refractivity contribution is 0.128. The molecule has 20 heavy (non-hydrogen) atoms. The molecule has 0 atom stereocenters. The molecule has 0 radical (unpaired) electrons. The fourth-order valence-corrected chi connectivity index (χ4v) is 2.67. The third-order valence-corrected chi connectivity index (χ3v) is 3.93. The summed E-state index contributed by atoms with van der Waals surface area (Å²) in [5.74, 6) is 0. The number of nitriles is 1. The number of hydrogen-bond donors (Lipinski definition) is 1. The second-order valence-corrected chi connectivity index (χ2v) is 6.27. The van der Waals surface area contributed by atoms with Crippen molar-refractivity contribution in [1.29, 1.82) is 5.26 Å². The molecule has 0 spiro atoms. The first-order chi connectivity index (χ1) is 9.45. The highest BCUT2D eigenvalue weighted by Crippen LogP contribution is 2.24. The van der Waals surface area contributed by atoms with Crippen LogP contribution in [0.5, 0.6) is 0 Å². The third kappa shape index (κ3) is 3.12. The van der Waals surface area contributed by atoms with E-state index in [1.165, 1.54) is 0 Å². The number of aliphatic hydroxyl groups is 1. The Bertz CT molecular complexity index is 505. The van der Waals surface area contributed by atoms with Crippen molar-refractivity contribution in [3.05, 3.63) is 29.3 Å². The molecule has 0 unspecified atom stereocenters. The Labute approximate surface area is 121 Å². The standard InChI is InChI=1S/C16H23N3O/c1-16(2,3)19-8-6-18(7-9-19)15-5-4-13(12-20)10-14(15)11-17/h4-5,10,20H,6-9,12H2,1-3H3. The number of aliphatic hydroxyl groups excluding tert-OH is 1. The predicted molar refractivity (Wildman–Crippen MR) is 80.6 cm³/mol. The maximum atomic E-state index is 9.28. The molecule has 1 heterocycles. The molecule has 0 aromatic heterocycles. The van der Waals surface area contributed by atoms with Gasteiger partial charge >= 0.3 is 0 Å². The molecule has 1 aromatic carbocycles. The number of rotatable bonds is 2. The van der Waals surface area contributed by atoms with E-state index in [4.69, 9.17) is 5.11 Å². The summed E-state index contributed by atoms with van der Waals surface area (Å²) < 4.78 is 0. The number of benzene rings is 1. The molecule has 1 aliphatic heterocycles. The topological polar surface area (TPSA) is 50.5 Å². The van der Waals surface area contributed by atoms with Crippen LogP contribution in [0.2, 0.25) is 0 Å². The van der Waals surface area contributed by atoms with E-state index in [1.54, 1.807) is 6.07 Å². The van der Waals surface area contributed by atoms with Crippen LogP contribution in [0.15, 0.2) is 18.2 Å². The van der Waals surface area contributed by atoms with Crippen molar-refractivity contribution in [2.75, 3.05) is 31.1 Å². The van der Waals surface area contributed by atoms with Gasteiger partial charge in [-0.25, -0.2) is 0 Å². The first-order valence-electron chi connectivity index (χ1n) is 7.09. The highest BCUT2D eigenvalue weighted by molar-refractivity contribution is 5.60. The molecule has 0 bridgehead atoms. The van der Waals surface area contributed by atoms with Gasteiger partial charge in [0.25, 0.3) is 0 Å². The molecule has 4 heteroatoms. The van der Waals surface area contributed by atoms with Crippen LogP contribution in [-0.4, -0.2) is 41.7 Å². The van der Waals surface area contributed by atoms with Crippen molar-refractivity contribution in [2.24, 2.45) is 0 Å². The zero-order valence-electron chi connectivity index (χ0n) is 12.6. The van der Waals surface area contributed by atoms with Gasteiger partial charge in [-0.1, -0.05) is 6.07 Å². The average molecular weight is 273 g/mol. The molecule has 0 amide bonds. The normalized spacial score (nSPS) is 17.1. The fraction of sp³-hybridized carbons (Fsp3) is 0.562. The lowest BCUT2D eigenvalue weighted by Crippen LogP contribution is -2.53. The molecular weight excluding hydrogens is 250 g/mol. The summed E-state index contributed by atoms with van der Waals surface area (Å²) in [5, 5.41) is 18.4. The van der Waals surface area contributed by atoms with Crippen LogP contribution in [0.25, 0.3) is 0 Å². The average Bonchev–Trinajstić information content (AvgIpc) is 2.45. The lowest BCUT2D eigenvalue weighted by Gasteiger charge is -2.43. The van der Waals surface area contributed by atoms with E-state index >= 15 is 0 Å². The van der Waals surface area contributed by atoms with Crippen LogP contribution < -0.4 is 4.90 Å². The van der Waals surface area contributed by atoms with Gasteiger partial charge in [-0.3, -0.25) is 4.90 Å². The Balaban J connectivity index is 2.13. The van der Waals surface area contributed by atoms with Crippen LogP contribution in [0.1, 0.15) is 31.9 Å². The van der Waals surface area contributed by atoms with Gasteiger partial charge in [0.2, 0.25) is 0 Å². The summed E-state index contributed by atoms with van der Waals surface area (Å²) in [6, 6.07) is 7.88. The minimum absolute atomic E-state index is 0.0211. The summed E-state index contributed by atoms with van der Waals surface area (Å²) in [6.45, 7) is 10.6. The molecule has 108 valence electrons. The van der Waals surface area contributed by atoms with Crippen LogP contribution in [0.4, 0.5) is 5.69 Å². The summed E-state index contributed by atoms with van der Waals surface area (Å²) in [5.41, 5.74) is 2.63. The number of anilines is 1. The van der Waals surface area contributed by atoms with E-state index in [0.717, 1.165) is 37.4 Å². The van der Waals surface area contributed by atoms with Crippen molar-refractivity contribution in [2.45, 2.75) is 32.9 Å². The second-order valence-electron chi connectivity index (χ2n) is 6.27. The van der Waals surface area contributed by atoms with Crippen molar-refractivity contribution < 1.29 is 5.11 Å². The zero-order chi connectivity index (χ0) is 14.8. The molecule has 1 N–H and O–H groups in total. The molecule has 4 nitrogen and oxygen atoms in total. The number of piperazine rings is 1. The fourth-order valence-electron chi connectivity index (χ4n) is 2.67. The summed E-state index contributed by atoms with van der Waals surface area (Å²) >= 11 is 0. The Kier molecular flexibility index (Phi) is 4.32. The van der Waals surface area contributed by atoms with Gasteiger partial charge in [0.05, 0.1) is 17.9 Å².